The first kappa shape index (κ1) is 18.9. The lowest BCUT2D eigenvalue weighted by atomic mass is 10.1. The maximum absolute atomic E-state index is 12.3. The zero-order valence-corrected chi connectivity index (χ0v) is 14.4. The molecule has 0 spiro atoms. The highest BCUT2D eigenvalue weighted by molar-refractivity contribution is 5.90. The highest BCUT2D eigenvalue weighted by atomic mass is 16.5. The summed E-state index contributed by atoms with van der Waals surface area (Å²) in [6.45, 7) is 1.78. The fourth-order valence-electron chi connectivity index (χ4n) is 2.73. The molecule has 25 heavy (non-hydrogen) atoms. The Balaban J connectivity index is 1.84. The summed E-state index contributed by atoms with van der Waals surface area (Å²) >= 11 is 0. The SMILES string of the molecule is C[C@@H](Nc1cnc(C=CC(=O)NO)cn1)C(=O)NC1CCCCCC1. The summed E-state index contributed by atoms with van der Waals surface area (Å²) in [4.78, 5) is 31.5. The Hall–Kier alpha value is -2.48. The molecular formula is C17H25N5O3. The van der Waals surface area contributed by atoms with Crippen molar-refractivity contribution in [3.8, 4) is 0 Å². The number of hydroxylamine groups is 1. The van der Waals surface area contributed by atoms with Crippen molar-refractivity contribution in [2.24, 2.45) is 0 Å². The molecule has 136 valence electrons. The number of rotatable bonds is 6. The van der Waals surface area contributed by atoms with Crippen molar-refractivity contribution in [1.82, 2.24) is 20.8 Å². The van der Waals surface area contributed by atoms with Gasteiger partial charge in [0, 0.05) is 12.1 Å². The molecule has 2 amide bonds. The molecule has 4 N–H and O–H groups in total. The Labute approximate surface area is 147 Å². The minimum absolute atomic E-state index is 0.0442. The fourth-order valence-corrected chi connectivity index (χ4v) is 2.73. The first-order valence-corrected chi connectivity index (χ1v) is 8.59. The molecule has 1 heterocycles. The van der Waals surface area contributed by atoms with Gasteiger partial charge < -0.3 is 10.6 Å². The van der Waals surface area contributed by atoms with Crippen LogP contribution in [0.5, 0.6) is 0 Å². The van der Waals surface area contributed by atoms with E-state index in [4.69, 9.17) is 5.21 Å². The molecular weight excluding hydrogens is 322 g/mol. The zero-order valence-electron chi connectivity index (χ0n) is 14.4. The number of anilines is 1. The van der Waals surface area contributed by atoms with Crippen molar-refractivity contribution in [2.75, 3.05) is 5.32 Å². The number of hydrogen-bond donors (Lipinski definition) is 4. The summed E-state index contributed by atoms with van der Waals surface area (Å²) in [6.07, 6.45) is 12.4. The van der Waals surface area contributed by atoms with E-state index in [9.17, 15) is 9.59 Å². The van der Waals surface area contributed by atoms with E-state index in [1.165, 1.54) is 49.6 Å². The smallest absolute Gasteiger partial charge is 0.267 e. The summed E-state index contributed by atoms with van der Waals surface area (Å²) in [5.74, 6) is -0.211. The second kappa shape index (κ2) is 9.73. The van der Waals surface area contributed by atoms with Crippen LogP contribution >= 0.6 is 0 Å². The lowest BCUT2D eigenvalue weighted by Crippen LogP contribution is -2.43. The van der Waals surface area contributed by atoms with Crippen LogP contribution in [0.25, 0.3) is 6.08 Å². The van der Waals surface area contributed by atoms with E-state index in [2.05, 4.69) is 20.6 Å². The molecule has 1 atom stereocenters. The van der Waals surface area contributed by atoms with Gasteiger partial charge in [0.15, 0.2) is 0 Å². The summed E-state index contributed by atoms with van der Waals surface area (Å²) in [6, 6.07) is -0.158. The van der Waals surface area contributed by atoms with E-state index in [0.717, 1.165) is 18.9 Å². The Morgan fingerprint density at radius 3 is 2.52 bits per heavy atom. The van der Waals surface area contributed by atoms with Gasteiger partial charge in [0.2, 0.25) is 5.91 Å². The van der Waals surface area contributed by atoms with Gasteiger partial charge in [-0.25, -0.2) is 10.5 Å². The van der Waals surface area contributed by atoms with E-state index < -0.39 is 11.9 Å². The first-order chi connectivity index (χ1) is 12.1. The quantitative estimate of drug-likeness (QED) is 0.269. The van der Waals surface area contributed by atoms with E-state index in [1.54, 1.807) is 6.92 Å². The van der Waals surface area contributed by atoms with Crippen LogP contribution in [-0.2, 0) is 9.59 Å². The highest BCUT2D eigenvalue weighted by Crippen LogP contribution is 2.17. The molecule has 1 aliphatic carbocycles. The number of aromatic nitrogens is 2. The molecule has 1 aromatic heterocycles. The van der Waals surface area contributed by atoms with Gasteiger partial charge in [-0.2, -0.15) is 0 Å². The molecule has 0 bridgehead atoms. The van der Waals surface area contributed by atoms with Crippen molar-refractivity contribution in [1.29, 1.82) is 0 Å². The Kier molecular flexibility index (Phi) is 7.34. The second-order valence-corrected chi connectivity index (χ2v) is 6.20. The molecule has 1 aliphatic rings. The Morgan fingerprint density at radius 1 is 1.20 bits per heavy atom. The van der Waals surface area contributed by atoms with Crippen molar-refractivity contribution in [3.05, 3.63) is 24.2 Å². The number of nitrogens with zero attached hydrogens (tertiary/aromatic N) is 2. The van der Waals surface area contributed by atoms with Crippen LogP contribution in [0.2, 0.25) is 0 Å². The maximum Gasteiger partial charge on any atom is 0.267 e. The average Bonchev–Trinajstić information content (AvgIpc) is 2.89. The predicted molar refractivity (Wildman–Crippen MR) is 93.7 cm³/mol. The standard InChI is InChI=1S/C17H25N5O3/c1-12(17(24)21-13-6-4-2-3-5-7-13)20-15-11-18-14(10-19-15)8-9-16(23)22-25/h8-13,25H,2-7H2,1H3,(H,19,20)(H,21,24)(H,22,23)/t12-/m1/s1. The molecule has 2 rings (SSSR count). The van der Waals surface area contributed by atoms with Crippen molar-refractivity contribution in [3.63, 3.8) is 0 Å². The van der Waals surface area contributed by atoms with Gasteiger partial charge in [0.25, 0.3) is 5.91 Å². The van der Waals surface area contributed by atoms with E-state index in [1.807, 2.05) is 0 Å². The van der Waals surface area contributed by atoms with Crippen LogP contribution in [-0.4, -0.2) is 39.1 Å². The molecule has 0 radical (unpaired) electrons. The molecule has 1 aromatic rings. The van der Waals surface area contributed by atoms with Gasteiger partial charge in [0.05, 0.1) is 18.1 Å². The van der Waals surface area contributed by atoms with E-state index in [0.29, 0.717) is 11.5 Å². The molecule has 0 unspecified atom stereocenters. The zero-order chi connectivity index (χ0) is 18.1. The molecule has 1 fully saturated rings. The van der Waals surface area contributed by atoms with Gasteiger partial charge in [-0.05, 0) is 25.8 Å². The summed E-state index contributed by atoms with van der Waals surface area (Å²) in [5.41, 5.74) is 1.95. The molecule has 1 saturated carbocycles. The largest absolute Gasteiger partial charge is 0.357 e. The van der Waals surface area contributed by atoms with Crippen LogP contribution in [0.3, 0.4) is 0 Å². The lowest BCUT2D eigenvalue weighted by Gasteiger charge is -2.20. The monoisotopic (exact) mass is 347 g/mol. The van der Waals surface area contributed by atoms with Gasteiger partial charge in [0.1, 0.15) is 11.9 Å². The van der Waals surface area contributed by atoms with Gasteiger partial charge in [-0.1, -0.05) is 25.7 Å². The van der Waals surface area contributed by atoms with Crippen molar-refractivity contribution < 1.29 is 14.8 Å². The first-order valence-electron chi connectivity index (χ1n) is 8.59. The van der Waals surface area contributed by atoms with Crippen LogP contribution in [0.4, 0.5) is 5.82 Å². The second-order valence-electron chi connectivity index (χ2n) is 6.20. The third-order valence-corrected chi connectivity index (χ3v) is 4.15. The minimum atomic E-state index is -0.646. The number of carbonyl (C=O) groups is 2. The van der Waals surface area contributed by atoms with Gasteiger partial charge >= 0.3 is 0 Å². The van der Waals surface area contributed by atoms with Crippen LogP contribution in [0.1, 0.15) is 51.1 Å². The topological polar surface area (TPSA) is 116 Å². The Bertz CT molecular complexity index is 595. The predicted octanol–water partition coefficient (Wildman–Crippen LogP) is 1.63. The van der Waals surface area contributed by atoms with Crippen LogP contribution < -0.4 is 16.1 Å². The number of hydrogen-bond acceptors (Lipinski definition) is 6. The van der Waals surface area contributed by atoms with Crippen LogP contribution in [0.15, 0.2) is 18.5 Å². The third kappa shape index (κ3) is 6.50. The fraction of sp³-hybridized carbons (Fsp3) is 0.529. The van der Waals surface area contributed by atoms with Gasteiger partial charge in [-0.15, -0.1) is 0 Å². The molecule has 0 aliphatic heterocycles. The van der Waals surface area contributed by atoms with E-state index in [-0.39, 0.29) is 11.9 Å². The normalized spacial score (nSPS) is 16.9. The van der Waals surface area contributed by atoms with E-state index >= 15 is 0 Å². The van der Waals surface area contributed by atoms with Crippen molar-refractivity contribution in [2.45, 2.75) is 57.5 Å². The van der Waals surface area contributed by atoms with Crippen molar-refractivity contribution >= 4 is 23.7 Å². The average molecular weight is 347 g/mol. The lowest BCUT2D eigenvalue weighted by molar-refractivity contribution is -0.124. The molecule has 8 nitrogen and oxygen atoms in total. The summed E-state index contributed by atoms with van der Waals surface area (Å²) in [5, 5.41) is 14.5. The number of amides is 2. The summed E-state index contributed by atoms with van der Waals surface area (Å²) < 4.78 is 0. The summed E-state index contributed by atoms with van der Waals surface area (Å²) in [7, 11) is 0. The molecule has 0 aromatic carbocycles. The highest BCUT2D eigenvalue weighted by Gasteiger charge is 2.19. The minimum Gasteiger partial charge on any atom is -0.357 e. The Morgan fingerprint density at radius 2 is 1.92 bits per heavy atom. The third-order valence-electron chi connectivity index (χ3n) is 4.15. The number of carbonyl (C=O) groups excluding carboxylic acids is 2. The number of nitrogens with one attached hydrogen (secondary N) is 3. The maximum atomic E-state index is 12.3. The molecule has 0 saturated heterocycles. The van der Waals surface area contributed by atoms with Crippen LogP contribution in [0, 0.1) is 0 Å². The molecule has 8 heteroatoms. The van der Waals surface area contributed by atoms with Gasteiger partial charge in [-0.3, -0.25) is 19.8 Å².